The van der Waals surface area contributed by atoms with Gasteiger partial charge < -0.3 is 20.4 Å². The Morgan fingerprint density at radius 3 is 2.71 bits per heavy atom. The molecule has 28 heavy (non-hydrogen) atoms. The summed E-state index contributed by atoms with van der Waals surface area (Å²) in [4.78, 5) is 12.3. The highest BCUT2D eigenvalue weighted by Crippen LogP contribution is 2.48. The third kappa shape index (κ3) is 3.73. The van der Waals surface area contributed by atoms with Gasteiger partial charge in [0.1, 0.15) is 21.2 Å². The highest BCUT2D eigenvalue weighted by molar-refractivity contribution is 7.90. The lowest BCUT2D eigenvalue weighted by Gasteiger charge is -2.42. The predicted octanol–water partition coefficient (Wildman–Crippen LogP) is 3.51. The molecule has 2 aliphatic rings. The zero-order valence-corrected chi connectivity index (χ0v) is 17.3. The largest absolute Gasteiger partial charge is 0.459 e. The molecule has 2 amide bonds. The first-order chi connectivity index (χ1) is 13.3. The fraction of sp³-hybridized carbons (Fsp3) is 0.526. The molecule has 1 aromatic carbocycles. The van der Waals surface area contributed by atoms with Crippen molar-refractivity contribution < 1.29 is 17.6 Å². The standard InChI is InChI=1S/C19H24ClN3O4S/c1-28(25,26)8-7-21-11-13-9-12-10-14(20)16-15(17(12)27-13)19(23-18(24)22-16)5-3-2-4-6-19/h9-10,21H,2-8,11H2,1H3,(H2,22,23,24). The maximum absolute atomic E-state index is 12.3. The van der Waals surface area contributed by atoms with Gasteiger partial charge in [-0.15, -0.1) is 0 Å². The molecular formula is C19H24ClN3O4S. The van der Waals surface area contributed by atoms with Crippen molar-refractivity contribution in [1.29, 1.82) is 0 Å². The molecule has 7 nitrogen and oxygen atoms in total. The smallest absolute Gasteiger partial charge is 0.319 e. The van der Waals surface area contributed by atoms with Crippen molar-refractivity contribution in [3.63, 3.8) is 0 Å². The van der Waals surface area contributed by atoms with Crippen molar-refractivity contribution in [2.45, 2.75) is 44.2 Å². The van der Waals surface area contributed by atoms with E-state index in [2.05, 4.69) is 16.0 Å². The molecule has 0 unspecified atom stereocenters. The molecule has 152 valence electrons. The van der Waals surface area contributed by atoms with Gasteiger partial charge in [0.05, 0.1) is 28.5 Å². The summed E-state index contributed by atoms with van der Waals surface area (Å²) >= 11 is 6.51. The molecule has 0 atom stereocenters. The first-order valence-corrected chi connectivity index (χ1v) is 11.9. The second-order valence-corrected chi connectivity index (χ2v) is 10.4. The molecule has 0 radical (unpaired) electrons. The highest BCUT2D eigenvalue weighted by Gasteiger charge is 2.43. The SMILES string of the molecule is CS(=O)(=O)CCNCc1cc2cc(Cl)c3c(c2o1)C1(CCCCC1)NC(=O)N3. The number of fused-ring (bicyclic) bond motifs is 4. The van der Waals surface area contributed by atoms with Crippen LogP contribution in [0.25, 0.3) is 11.0 Å². The topological polar surface area (TPSA) is 100 Å². The zero-order chi connectivity index (χ0) is 19.9. The fourth-order valence-corrected chi connectivity index (χ4v) is 5.07. The lowest BCUT2D eigenvalue weighted by atomic mass is 9.74. The third-order valence-electron chi connectivity index (χ3n) is 5.54. The number of nitrogens with one attached hydrogen (secondary N) is 3. The summed E-state index contributed by atoms with van der Waals surface area (Å²) in [5.74, 6) is 0.781. The summed E-state index contributed by atoms with van der Waals surface area (Å²) in [7, 11) is -3.00. The Morgan fingerprint density at radius 2 is 2.00 bits per heavy atom. The van der Waals surface area contributed by atoms with E-state index in [1.54, 1.807) is 6.07 Å². The molecule has 3 N–H and O–H groups in total. The van der Waals surface area contributed by atoms with Gasteiger partial charge in [-0.1, -0.05) is 30.9 Å². The lowest BCUT2D eigenvalue weighted by molar-refractivity contribution is 0.209. The number of halogens is 1. The van der Waals surface area contributed by atoms with Crippen LogP contribution in [0.5, 0.6) is 0 Å². The fourth-order valence-electron chi connectivity index (χ4n) is 4.29. The minimum atomic E-state index is -3.00. The molecule has 1 aromatic heterocycles. The maximum Gasteiger partial charge on any atom is 0.319 e. The minimum absolute atomic E-state index is 0.0769. The van der Waals surface area contributed by atoms with Crippen molar-refractivity contribution in [2.24, 2.45) is 0 Å². The number of hydrogen-bond donors (Lipinski definition) is 3. The summed E-state index contributed by atoms with van der Waals surface area (Å²) in [5, 5.41) is 10.5. The van der Waals surface area contributed by atoms with E-state index in [1.807, 2.05) is 6.07 Å². The van der Waals surface area contributed by atoms with E-state index in [-0.39, 0.29) is 11.8 Å². The van der Waals surface area contributed by atoms with Gasteiger partial charge in [0.25, 0.3) is 0 Å². The van der Waals surface area contributed by atoms with E-state index in [4.69, 9.17) is 16.0 Å². The molecule has 1 saturated carbocycles. The molecule has 9 heteroatoms. The normalized spacial score (nSPS) is 18.7. The number of rotatable bonds is 5. The van der Waals surface area contributed by atoms with E-state index in [9.17, 15) is 13.2 Å². The number of benzene rings is 1. The van der Waals surface area contributed by atoms with Gasteiger partial charge >= 0.3 is 6.03 Å². The number of carbonyl (C=O) groups excluding carboxylic acids is 1. The van der Waals surface area contributed by atoms with Gasteiger partial charge in [-0.25, -0.2) is 13.2 Å². The van der Waals surface area contributed by atoms with Crippen LogP contribution in [0.3, 0.4) is 0 Å². The second kappa shape index (κ2) is 7.24. The Hall–Kier alpha value is -1.77. The third-order valence-corrected chi connectivity index (χ3v) is 6.78. The molecule has 2 aromatic rings. The number of furan rings is 1. The van der Waals surface area contributed by atoms with Crippen molar-refractivity contribution in [3.8, 4) is 0 Å². The lowest BCUT2D eigenvalue weighted by Crippen LogP contribution is -2.52. The molecule has 2 heterocycles. The number of amides is 2. The van der Waals surface area contributed by atoms with Gasteiger partial charge in [0, 0.05) is 23.8 Å². The summed E-state index contributed by atoms with van der Waals surface area (Å²) in [6.45, 7) is 0.777. The average Bonchev–Trinajstić information content (AvgIpc) is 3.01. The Morgan fingerprint density at radius 1 is 1.25 bits per heavy atom. The van der Waals surface area contributed by atoms with E-state index in [0.717, 1.165) is 48.6 Å². The summed E-state index contributed by atoms with van der Waals surface area (Å²) < 4.78 is 28.7. The summed E-state index contributed by atoms with van der Waals surface area (Å²) in [6, 6.07) is 3.49. The molecule has 1 fully saturated rings. The summed E-state index contributed by atoms with van der Waals surface area (Å²) in [5.41, 5.74) is 1.83. The quantitative estimate of drug-likeness (QED) is 0.636. The number of carbonyl (C=O) groups is 1. The second-order valence-electron chi connectivity index (χ2n) is 7.77. The van der Waals surface area contributed by atoms with Crippen LogP contribution in [0, 0.1) is 0 Å². The monoisotopic (exact) mass is 425 g/mol. The van der Waals surface area contributed by atoms with Crippen LogP contribution in [0.1, 0.15) is 43.4 Å². The molecular weight excluding hydrogens is 402 g/mol. The first kappa shape index (κ1) is 19.5. The molecule has 1 aliphatic carbocycles. The van der Waals surface area contributed by atoms with Crippen LogP contribution in [-0.2, 0) is 21.9 Å². The number of sulfone groups is 1. The van der Waals surface area contributed by atoms with Crippen LogP contribution < -0.4 is 16.0 Å². The summed E-state index contributed by atoms with van der Waals surface area (Å²) in [6.07, 6.45) is 6.15. The van der Waals surface area contributed by atoms with Crippen molar-refractivity contribution in [1.82, 2.24) is 10.6 Å². The Balaban J connectivity index is 1.70. The van der Waals surface area contributed by atoms with Crippen LogP contribution in [0.15, 0.2) is 16.5 Å². The molecule has 0 bridgehead atoms. The van der Waals surface area contributed by atoms with Crippen LogP contribution in [0.4, 0.5) is 10.5 Å². The molecule has 4 rings (SSSR count). The van der Waals surface area contributed by atoms with Gasteiger partial charge in [0.2, 0.25) is 0 Å². The van der Waals surface area contributed by atoms with Crippen LogP contribution >= 0.6 is 11.6 Å². The number of urea groups is 1. The zero-order valence-electron chi connectivity index (χ0n) is 15.7. The van der Waals surface area contributed by atoms with Gasteiger partial charge in [0.15, 0.2) is 0 Å². The Kier molecular flexibility index (Phi) is 5.05. The van der Waals surface area contributed by atoms with Gasteiger partial charge in [-0.05, 0) is 25.0 Å². The Labute approximate surface area is 169 Å². The number of anilines is 1. The van der Waals surface area contributed by atoms with E-state index < -0.39 is 15.4 Å². The van der Waals surface area contributed by atoms with Crippen molar-refractivity contribution in [3.05, 3.63) is 28.5 Å². The Bertz CT molecular complexity index is 1030. The van der Waals surface area contributed by atoms with E-state index >= 15 is 0 Å². The first-order valence-electron chi connectivity index (χ1n) is 9.50. The van der Waals surface area contributed by atoms with Gasteiger partial charge in [-0.3, -0.25) is 0 Å². The van der Waals surface area contributed by atoms with Crippen LogP contribution in [-0.4, -0.2) is 33.0 Å². The maximum atomic E-state index is 12.3. The average molecular weight is 426 g/mol. The van der Waals surface area contributed by atoms with Crippen molar-refractivity contribution in [2.75, 3.05) is 23.9 Å². The van der Waals surface area contributed by atoms with Crippen LogP contribution in [0.2, 0.25) is 5.02 Å². The van der Waals surface area contributed by atoms with Gasteiger partial charge in [-0.2, -0.15) is 0 Å². The predicted molar refractivity (Wildman–Crippen MR) is 110 cm³/mol. The van der Waals surface area contributed by atoms with E-state index in [0.29, 0.717) is 29.6 Å². The molecule has 1 aliphatic heterocycles. The van der Waals surface area contributed by atoms with Crippen molar-refractivity contribution >= 4 is 44.1 Å². The minimum Gasteiger partial charge on any atom is -0.459 e. The van der Waals surface area contributed by atoms with E-state index in [1.165, 1.54) is 6.26 Å². The molecule has 1 spiro atoms. The highest BCUT2D eigenvalue weighted by atomic mass is 35.5. The molecule has 0 saturated heterocycles. The number of hydrogen-bond acceptors (Lipinski definition) is 5.